The number of amides is 2. The highest BCUT2D eigenvalue weighted by Gasteiger charge is 2.09. The molecule has 6 heteroatoms. The van der Waals surface area contributed by atoms with E-state index in [2.05, 4.69) is 15.5 Å². The smallest absolute Gasteiger partial charge is 0.242 e. The van der Waals surface area contributed by atoms with Gasteiger partial charge in [0.1, 0.15) is 0 Å². The van der Waals surface area contributed by atoms with Gasteiger partial charge in [0.2, 0.25) is 11.8 Å². The molecule has 1 aromatic rings. The highest BCUT2D eigenvalue weighted by atomic mass is 16.2. The quantitative estimate of drug-likeness (QED) is 0.703. The molecule has 82 valence electrons. The minimum atomic E-state index is -0.208. The Kier molecular flexibility index (Phi) is 3.84. The Labute approximate surface area is 87.7 Å². The third-order valence-corrected chi connectivity index (χ3v) is 1.89. The van der Waals surface area contributed by atoms with Gasteiger partial charge in [-0.1, -0.05) is 0 Å². The highest BCUT2D eigenvalue weighted by molar-refractivity contribution is 5.83. The van der Waals surface area contributed by atoms with Gasteiger partial charge in [-0.25, -0.2) is 0 Å². The van der Waals surface area contributed by atoms with Gasteiger partial charge in [0.05, 0.1) is 12.7 Å². The first-order valence-corrected chi connectivity index (χ1v) is 4.55. The van der Waals surface area contributed by atoms with Gasteiger partial charge < -0.3 is 10.2 Å². The average molecular weight is 210 g/mol. The van der Waals surface area contributed by atoms with Crippen LogP contribution in [0.1, 0.15) is 12.5 Å². The normalized spacial score (nSPS) is 9.73. The Morgan fingerprint density at radius 3 is 2.87 bits per heavy atom. The lowest BCUT2D eigenvalue weighted by atomic mass is 10.3. The molecular formula is C9H14N4O2. The van der Waals surface area contributed by atoms with Gasteiger partial charge in [-0.3, -0.25) is 14.7 Å². The molecule has 0 spiro atoms. The summed E-state index contributed by atoms with van der Waals surface area (Å²) in [6, 6.07) is 0. The average Bonchev–Trinajstić information content (AvgIpc) is 2.66. The third-order valence-electron chi connectivity index (χ3n) is 1.89. The molecular weight excluding hydrogens is 196 g/mol. The molecule has 0 saturated heterocycles. The Hall–Kier alpha value is -1.85. The second-order valence-corrected chi connectivity index (χ2v) is 3.27. The largest absolute Gasteiger partial charge is 0.347 e. The number of likely N-dealkylation sites (N-methyl/N-ethyl adjacent to an activating group) is 1. The lowest BCUT2D eigenvalue weighted by Crippen LogP contribution is -2.36. The van der Waals surface area contributed by atoms with Gasteiger partial charge in [0.15, 0.2) is 0 Å². The summed E-state index contributed by atoms with van der Waals surface area (Å²) in [7, 11) is 1.68. The van der Waals surface area contributed by atoms with Crippen molar-refractivity contribution in [2.45, 2.75) is 13.5 Å². The van der Waals surface area contributed by atoms with Crippen LogP contribution in [0.2, 0.25) is 0 Å². The molecule has 0 unspecified atom stereocenters. The number of hydrogen-bond acceptors (Lipinski definition) is 3. The molecule has 2 amide bonds. The zero-order valence-corrected chi connectivity index (χ0v) is 8.78. The first-order valence-electron chi connectivity index (χ1n) is 4.55. The fraction of sp³-hybridized carbons (Fsp3) is 0.444. The molecule has 0 fully saturated rings. The van der Waals surface area contributed by atoms with Crippen LogP contribution in [0, 0.1) is 0 Å². The van der Waals surface area contributed by atoms with Gasteiger partial charge in [-0.2, -0.15) is 5.10 Å². The van der Waals surface area contributed by atoms with E-state index in [1.807, 2.05) is 0 Å². The Bertz CT molecular complexity index is 334. The number of carbonyl (C=O) groups is 2. The standard InChI is InChI=1S/C9H14N4O2/c1-7(14)10-5-9(15)13(2)6-8-3-11-12-4-8/h3-4H,5-6H2,1-2H3,(H,10,14)(H,11,12). The van der Waals surface area contributed by atoms with Gasteiger partial charge in [0.25, 0.3) is 0 Å². The maximum absolute atomic E-state index is 11.5. The van der Waals surface area contributed by atoms with Crippen LogP contribution < -0.4 is 5.32 Å². The highest BCUT2D eigenvalue weighted by Crippen LogP contribution is 1.98. The van der Waals surface area contributed by atoms with Crippen molar-refractivity contribution in [3.05, 3.63) is 18.0 Å². The maximum atomic E-state index is 11.5. The minimum Gasteiger partial charge on any atom is -0.347 e. The molecule has 0 aliphatic carbocycles. The van der Waals surface area contributed by atoms with E-state index >= 15 is 0 Å². The zero-order valence-electron chi connectivity index (χ0n) is 8.78. The zero-order chi connectivity index (χ0) is 11.3. The first-order chi connectivity index (χ1) is 7.09. The van der Waals surface area contributed by atoms with Crippen LogP contribution in [0.5, 0.6) is 0 Å². The number of H-pyrrole nitrogens is 1. The van der Waals surface area contributed by atoms with E-state index in [0.29, 0.717) is 6.54 Å². The predicted octanol–water partition coefficient (Wildman–Crippen LogP) is -0.496. The van der Waals surface area contributed by atoms with Gasteiger partial charge in [-0.15, -0.1) is 0 Å². The van der Waals surface area contributed by atoms with E-state index in [-0.39, 0.29) is 18.4 Å². The summed E-state index contributed by atoms with van der Waals surface area (Å²) in [6.07, 6.45) is 3.38. The summed E-state index contributed by atoms with van der Waals surface area (Å²) in [6.45, 7) is 1.89. The van der Waals surface area contributed by atoms with Crippen LogP contribution in [0.25, 0.3) is 0 Å². The summed E-state index contributed by atoms with van der Waals surface area (Å²) in [5, 5.41) is 8.89. The molecule has 0 aliphatic heterocycles. The van der Waals surface area contributed by atoms with Crippen molar-refractivity contribution in [1.82, 2.24) is 20.4 Å². The van der Waals surface area contributed by atoms with E-state index in [1.54, 1.807) is 19.4 Å². The van der Waals surface area contributed by atoms with Crippen LogP contribution in [0.4, 0.5) is 0 Å². The Morgan fingerprint density at radius 1 is 1.60 bits per heavy atom. The molecule has 2 N–H and O–H groups in total. The molecule has 6 nitrogen and oxygen atoms in total. The van der Waals surface area contributed by atoms with E-state index in [0.717, 1.165) is 5.56 Å². The number of aromatic amines is 1. The summed E-state index contributed by atoms with van der Waals surface area (Å²) in [4.78, 5) is 23.6. The molecule has 1 aromatic heterocycles. The predicted molar refractivity (Wildman–Crippen MR) is 53.7 cm³/mol. The number of rotatable bonds is 4. The summed E-state index contributed by atoms with van der Waals surface area (Å²) in [5.41, 5.74) is 0.925. The molecule has 15 heavy (non-hydrogen) atoms. The van der Waals surface area contributed by atoms with Gasteiger partial charge in [0, 0.05) is 32.3 Å². The van der Waals surface area contributed by atoms with E-state index in [1.165, 1.54) is 11.8 Å². The summed E-state index contributed by atoms with van der Waals surface area (Å²) >= 11 is 0. The maximum Gasteiger partial charge on any atom is 0.242 e. The van der Waals surface area contributed by atoms with Crippen LogP contribution in [-0.4, -0.2) is 40.5 Å². The second-order valence-electron chi connectivity index (χ2n) is 3.27. The SMILES string of the molecule is CC(=O)NCC(=O)N(C)Cc1cn[nH]c1. The molecule has 1 rings (SSSR count). The van der Waals surface area contributed by atoms with Crippen molar-refractivity contribution >= 4 is 11.8 Å². The molecule has 0 aromatic carbocycles. The number of nitrogens with one attached hydrogen (secondary N) is 2. The number of hydrogen-bond donors (Lipinski definition) is 2. The molecule has 0 bridgehead atoms. The van der Waals surface area contributed by atoms with Crippen LogP contribution in [0.15, 0.2) is 12.4 Å². The summed E-state index contributed by atoms with van der Waals surface area (Å²) in [5.74, 6) is -0.341. The molecule has 0 aliphatic rings. The van der Waals surface area contributed by atoms with Crippen LogP contribution in [0.3, 0.4) is 0 Å². The van der Waals surface area contributed by atoms with Gasteiger partial charge >= 0.3 is 0 Å². The van der Waals surface area contributed by atoms with Crippen molar-refractivity contribution in [2.24, 2.45) is 0 Å². The lowest BCUT2D eigenvalue weighted by Gasteiger charge is -2.15. The fourth-order valence-corrected chi connectivity index (χ4v) is 1.06. The van der Waals surface area contributed by atoms with Crippen molar-refractivity contribution in [1.29, 1.82) is 0 Å². The second kappa shape index (κ2) is 5.14. The van der Waals surface area contributed by atoms with Crippen LogP contribution in [-0.2, 0) is 16.1 Å². The number of nitrogens with zero attached hydrogens (tertiary/aromatic N) is 2. The van der Waals surface area contributed by atoms with Crippen LogP contribution >= 0.6 is 0 Å². The third kappa shape index (κ3) is 3.80. The monoisotopic (exact) mass is 210 g/mol. The fourth-order valence-electron chi connectivity index (χ4n) is 1.06. The Morgan fingerprint density at radius 2 is 2.33 bits per heavy atom. The summed E-state index contributed by atoms with van der Waals surface area (Å²) < 4.78 is 0. The van der Waals surface area contributed by atoms with Crippen molar-refractivity contribution in [2.75, 3.05) is 13.6 Å². The van der Waals surface area contributed by atoms with E-state index < -0.39 is 0 Å². The molecule has 1 heterocycles. The first kappa shape index (κ1) is 11.2. The lowest BCUT2D eigenvalue weighted by molar-refractivity contribution is -0.131. The topological polar surface area (TPSA) is 78.1 Å². The van der Waals surface area contributed by atoms with Crippen molar-refractivity contribution in [3.63, 3.8) is 0 Å². The van der Waals surface area contributed by atoms with Gasteiger partial charge in [-0.05, 0) is 0 Å². The van der Waals surface area contributed by atoms with Crippen molar-refractivity contribution < 1.29 is 9.59 Å². The Balaban J connectivity index is 2.36. The number of aromatic nitrogens is 2. The molecule has 0 atom stereocenters. The number of carbonyl (C=O) groups excluding carboxylic acids is 2. The van der Waals surface area contributed by atoms with E-state index in [4.69, 9.17) is 0 Å². The van der Waals surface area contributed by atoms with Crippen molar-refractivity contribution in [3.8, 4) is 0 Å². The minimum absolute atomic E-state index is 0.0314. The molecule has 0 saturated carbocycles. The van der Waals surface area contributed by atoms with E-state index in [9.17, 15) is 9.59 Å². The molecule has 0 radical (unpaired) electrons.